The molecule has 8 nitrogen and oxygen atoms in total. The van der Waals surface area contributed by atoms with E-state index in [-0.39, 0.29) is 18.3 Å². The number of benzene rings is 2. The molecule has 3 aliphatic rings. The first kappa shape index (κ1) is 25.9. The van der Waals surface area contributed by atoms with Crippen molar-refractivity contribution in [2.45, 2.75) is 71.2 Å². The van der Waals surface area contributed by atoms with E-state index in [9.17, 15) is 14.4 Å². The first-order valence-electron chi connectivity index (χ1n) is 13.1. The number of ether oxygens (including phenoxy) is 3. The highest BCUT2D eigenvalue weighted by molar-refractivity contribution is 6.07. The number of carbonyl (C=O) groups is 3. The van der Waals surface area contributed by atoms with E-state index in [0.717, 1.165) is 33.9 Å². The van der Waals surface area contributed by atoms with E-state index in [0.29, 0.717) is 25.2 Å². The highest BCUT2D eigenvalue weighted by Gasteiger charge is 2.67. The van der Waals surface area contributed by atoms with Gasteiger partial charge in [0.15, 0.2) is 0 Å². The van der Waals surface area contributed by atoms with Crippen molar-refractivity contribution in [1.82, 2.24) is 0 Å². The summed E-state index contributed by atoms with van der Waals surface area (Å²) >= 11 is 0. The fourth-order valence-electron chi connectivity index (χ4n) is 6.25. The van der Waals surface area contributed by atoms with Gasteiger partial charge in [0, 0.05) is 32.3 Å². The van der Waals surface area contributed by atoms with Crippen LogP contribution in [-0.4, -0.2) is 48.0 Å². The number of carbonyl (C=O) groups excluding carboxylic acids is 3. The summed E-state index contributed by atoms with van der Waals surface area (Å²) < 4.78 is 16.9. The highest BCUT2D eigenvalue weighted by atomic mass is 16.7. The molecular weight excluding hydrogens is 486 g/mol. The topological polar surface area (TPSA) is 100 Å². The summed E-state index contributed by atoms with van der Waals surface area (Å²) in [5.74, 6) is -1.71. The molecule has 5 rings (SSSR count). The molecule has 200 valence electrons. The molecule has 0 aromatic heterocycles. The van der Waals surface area contributed by atoms with Crippen LogP contribution in [0.3, 0.4) is 0 Å². The van der Waals surface area contributed by atoms with E-state index >= 15 is 0 Å². The molecule has 0 amide bonds. The third-order valence-corrected chi connectivity index (χ3v) is 7.92. The lowest BCUT2D eigenvalue weighted by atomic mass is 9.68. The van der Waals surface area contributed by atoms with Gasteiger partial charge in [0.25, 0.3) is 0 Å². The number of hydrogen-bond donors (Lipinski definition) is 0. The zero-order valence-corrected chi connectivity index (χ0v) is 22.2. The predicted molar refractivity (Wildman–Crippen MR) is 140 cm³/mol. The van der Waals surface area contributed by atoms with Gasteiger partial charge >= 0.3 is 17.9 Å². The van der Waals surface area contributed by atoms with Crippen molar-refractivity contribution in [1.29, 1.82) is 0 Å². The molecule has 1 saturated heterocycles. The summed E-state index contributed by atoms with van der Waals surface area (Å²) in [6, 6.07) is 14.1. The number of esters is 3. The molecule has 2 aliphatic heterocycles. The van der Waals surface area contributed by atoms with Gasteiger partial charge in [0.05, 0.1) is 18.2 Å². The molecule has 5 atom stereocenters. The fourth-order valence-corrected chi connectivity index (χ4v) is 6.25. The number of fused-ring (bicyclic) bond motifs is 3. The maximum Gasteiger partial charge on any atom is 0.354 e. The molecule has 0 unspecified atom stereocenters. The van der Waals surface area contributed by atoms with Crippen molar-refractivity contribution in [2.24, 2.45) is 17.0 Å². The Hall–Kier alpha value is -3.68. The van der Waals surface area contributed by atoms with Crippen molar-refractivity contribution in [3.63, 3.8) is 0 Å². The zero-order valence-electron chi connectivity index (χ0n) is 22.2. The third kappa shape index (κ3) is 4.68. The molecule has 1 aliphatic carbocycles. The second-order valence-corrected chi connectivity index (χ2v) is 10.6. The van der Waals surface area contributed by atoms with Crippen molar-refractivity contribution in [2.75, 3.05) is 6.61 Å². The van der Waals surface area contributed by atoms with Crippen molar-refractivity contribution in [3.05, 3.63) is 59.2 Å². The number of rotatable bonds is 7. The average Bonchev–Trinajstić information content (AvgIpc) is 3.42. The van der Waals surface area contributed by atoms with E-state index in [1.165, 1.54) is 13.8 Å². The van der Waals surface area contributed by atoms with Gasteiger partial charge in [-0.3, -0.25) is 9.59 Å². The van der Waals surface area contributed by atoms with Gasteiger partial charge in [-0.15, -0.1) is 0 Å². The van der Waals surface area contributed by atoms with Crippen LogP contribution in [0.2, 0.25) is 0 Å². The maximum atomic E-state index is 13.4. The number of nitrogens with zero attached hydrogens (tertiary/aromatic N) is 1. The normalized spacial score (nSPS) is 27.0. The smallest absolute Gasteiger partial charge is 0.354 e. The fraction of sp³-hybridized carbons (Fsp3) is 0.467. The van der Waals surface area contributed by atoms with Gasteiger partial charge in [-0.25, -0.2) is 4.79 Å². The highest BCUT2D eigenvalue weighted by Crippen LogP contribution is 2.52. The van der Waals surface area contributed by atoms with E-state index < -0.39 is 35.7 Å². The van der Waals surface area contributed by atoms with Crippen LogP contribution >= 0.6 is 0 Å². The lowest BCUT2D eigenvalue weighted by Gasteiger charge is -2.40. The monoisotopic (exact) mass is 519 g/mol. The standard InChI is InChI=1S/C30H33NO7/c1-17(8-7-13-35-19(3)32)26-18(2)14-25-27(28(26)36-20(4)33)30(29(34)37-25)16-24(31-38-30)23-12-11-21-9-5-6-10-22(21)15-23/h5-6,9-12,15,17,25,27-28H,7-8,13-14,16H2,1-4H3/t17-,25+,27+,28+,30-/m0/s1. The SMILES string of the molecule is CC(=O)OCCC[C@H](C)C1=C(C)C[C@H]2OC(=O)[C@]3(CC(c4ccc5ccccc5c4)=NO3)[C@H]2[C@@H]1OC(C)=O. The quantitative estimate of drug-likeness (QED) is 0.223. The van der Waals surface area contributed by atoms with Crippen LogP contribution in [0, 0.1) is 11.8 Å². The van der Waals surface area contributed by atoms with E-state index in [1.807, 2.05) is 49.4 Å². The predicted octanol–water partition coefficient (Wildman–Crippen LogP) is 4.88. The molecule has 2 heterocycles. The minimum absolute atomic E-state index is 0.0332. The summed E-state index contributed by atoms with van der Waals surface area (Å²) in [6.07, 6.45) is 1.01. The van der Waals surface area contributed by atoms with Crippen LogP contribution in [-0.2, 0) is 33.4 Å². The zero-order chi connectivity index (χ0) is 27.0. The van der Waals surface area contributed by atoms with Gasteiger partial charge < -0.3 is 19.0 Å². The first-order valence-corrected chi connectivity index (χ1v) is 13.1. The minimum Gasteiger partial charge on any atom is -0.466 e. The largest absolute Gasteiger partial charge is 0.466 e. The summed E-state index contributed by atoms with van der Waals surface area (Å²) in [4.78, 5) is 42.9. The number of hydrogen-bond acceptors (Lipinski definition) is 8. The van der Waals surface area contributed by atoms with Gasteiger partial charge in [0.1, 0.15) is 12.2 Å². The Bertz CT molecular complexity index is 1350. The van der Waals surface area contributed by atoms with Gasteiger partial charge in [-0.05, 0) is 48.1 Å². The van der Waals surface area contributed by atoms with E-state index in [4.69, 9.17) is 19.0 Å². The molecule has 1 spiro atoms. The van der Waals surface area contributed by atoms with Gasteiger partial charge in [-0.2, -0.15) is 0 Å². The van der Waals surface area contributed by atoms with E-state index in [2.05, 4.69) is 12.1 Å². The average molecular weight is 520 g/mol. The van der Waals surface area contributed by atoms with E-state index in [1.54, 1.807) is 0 Å². The molecule has 0 saturated carbocycles. The maximum absolute atomic E-state index is 13.4. The molecule has 8 heteroatoms. The van der Waals surface area contributed by atoms with Gasteiger partial charge in [-0.1, -0.05) is 54.1 Å². The van der Waals surface area contributed by atoms with Crippen LogP contribution in [0.25, 0.3) is 10.8 Å². The van der Waals surface area contributed by atoms with Crippen molar-refractivity contribution < 1.29 is 33.4 Å². The molecule has 38 heavy (non-hydrogen) atoms. The van der Waals surface area contributed by atoms with Gasteiger partial charge in [0.2, 0.25) is 5.60 Å². The van der Waals surface area contributed by atoms with Crippen LogP contribution in [0.4, 0.5) is 0 Å². The summed E-state index contributed by atoms with van der Waals surface area (Å²) in [5, 5.41) is 6.56. The lowest BCUT2D eigenvalue weighted by Crippen LogP contribution is -2.52. The molecule has 2 aromatic carbocycles. The third-order valence-electron chi connectivity index (χ3n) is 7.92. The van der Waals surface area contributed by atoms with Crippen LogP contribution < -0.4 is 0 Å². The number of oxime groups is 1. The van der Waals surface area contributed by atoms with Crippen molar-refractivity contribution in [3.8, 4) is 0 Å². The Labute approximate surface area is 221 Å². The van der Waals surface area contributed by atoms with Crippen molar-refractivity contribution >= 4 is 34.4 Å². The second kappa shape index (κ2) is 10.2. The van der Waals surface area contributed by atoms with Crippen LogP contribution in [0.1, 0.15) is 58.9 Å². The summed E-state index contributed by atoms with van der Waals surface area (Å²) in [6.45, 7) is 7.16. The first-order chi connectivity index (χ1) is 18.2. The molecule has 2 aromatic rings. The Morgan fingerprint density at radius 2 is 1.89 bits per heavy atom. The Morgan fingerprint density at radius 1 is 1.13 bits per heavy atom. The minimum atomic E-state index is -1.37. The van der Waals surface area contributed by atoms with Crippen LogP contribution in [0.5, 0.6) is 0 Å². The summed E-state index contributed by atoms with van der Waals surface area (Å²) in [7, 11) is 0. The van der Waals surface area contributed by atoms with Crippen LogP contribution in [0.15, 0.2) is 58.8 Å². The second-order valence-electron chi connectivity index (χ2n) is 10.6. The summed E-state index contributed by atoms with van der Waals surface area (Å²) in [5.41, 5.74) is 2.19. The Balaban J connectivity index is 1.43. The lowest BCUT2D eigenvalue weighted by molar-refractivity contribution is -0.164. The molecular formula is C30H33NO7. The Morgan fingerprint density at radius 3 is 2.63 bits per heavy atom. The molecule has 0 bridgehead atoms. The molecule has 0 radical (unpaired) electrons. The molecule has 0 N–H and O–H groups in total. The Kier molecular flexibility index (Phi) is 6.99. The molecule has 1 fully saturated rings.